The van der Waals surface area contributed by atoms with Crippen molar-refractivity contribution in [1.82, 2.24) is 14.8 Å². The van der Waals surface area contributed by atoms with Crippen molar-refractivity contribution in [2.75, 3.05) is 32.8 Å². The van der Waals surface area contributed by atoms with Crippen molar-refractivity contribution < 1.29 is 14.3 Å². The Morgan fingerprint density at radius 1 is 1.00 bits per heavy atom. The molecule has 6 nitrogen and oxygen atoms in total. The molecule has 2 aliphatic rings. The number of hydrogen-bond donors (Lipinski definition) is 0. The third kappa shape index (κ3) is 5.25. The molecule has 3 heterocycles. The van der Waals surface area contributed by atoms with Gasteiger partial charge in [-0.3, -0.25) is 19.5 Å². The number of pyridine rings is 1. The third-order valence-electron chi connectivity index (χ3n) is 5.94. The molecule has 0 saturated carbocycles. The van der Waals surface area contributed by atoms with Gasteiger partial charge in [-0.15, -0.1) is 0 Å². The topological polar surface area (TPSA) is 62.7 Å². The molecular formula is C24H29N3O3. The molecule has 158 valence electrons. The molecule has 6 heteroatoms. The Labute approximate surface area is 177 Å². The van der Waals surface area contributed by atoms with Crippen LogP contribution in [0.2, 0.25) is 0 Å². The number of hydrogen-bond acceptors (Lipinski definition) is 5. The highest BCUT2D eigenvalue weighted by molar-refractivity contribution is 5.96. The number of aromatic nitrogens is 1. The molecule has 1 aromatic carbocycles. The van der Waals surface area contributed by atoms with Crippen LogP contribution in [-0.4, -0.2) is 59.3 Å². The van der Waals surface area contributed by atoms with Gasteiger partial charge in [0.05, 0.1) is 0 Å². The second-order valence-corrected chi connectivity index (χ2v) is 8.17. The molecule has 30 heavy (non-hydrogen) atoms. The van der Waals surface area contributed by atoms with Gasteiger partial charge in [-0.1, -0.05) is 18.2 Å². The van der Waals surface area contributed by atoms with Crippen LogP contribution in [0.25, 0.3) is 0 Å². The molecule has 2 saturated heterocycles. The van der Waals surface area contributed by atoms with E-state index in [1.54, 1.807) is 12.3 Å². The maximum absolute atomic E-state index is 12.7. The summed E-state index contributed by atoms with van der Waals surface area (Å²) < 4.78 is 5.67. The summed E-state index contributed by atoms with van der Waals surface area (Å²) in [4.78, 5) is 33.2. The predicted molar refractivity (Wildman–Crippen MR) is 114 cm³/mol. The minimum Gasteiger partial charge on any atom is -0.484 e. The number of benzene rings is 1. The van der Waals surface area contributed by atoms with E-state index in [2.05, 4.69) is 9.88 Å². The Balaban J connectivity index is 1.27. The van der Waals surface area contributed by atoms with Crippen LogP contribution in [0, 0.1) is 5.92 Å². The monoisotopic (exact) mass is 407 g/mol. The molecule has 2 aliphatic heterocycles. The maximum atomic E-state index is 12.7. The van der Waals surface area contributed by atoms with Gasteiger partial charge in [-0.2, -0.15) is 0 Å². The zero-order valence-electron chi connectivity index (χ0n) is 17.3. The summed E-state index contributed by atoms with van der Waals surface area (Å²) in [6.07, 6.45) is 5.79. The first-order valence-electron chi connectivity index (χ1n) is 10.9. The lowest BCUT2D eigenvalue weighted by atomic mass is 9.91. The van der Waals surface area contributed by atoms with E-state index in [4.69, 9.17) is 4.74 Å². The Kier molecular flexibility index (Phi) is 6.74. The van der Waals surface area contributed by atoms with Gasteiger partial charge in [-0.05, 0) is 62.1 Å². The highest BCUT2D eigenvalue weighted by Gasteiger charge is 2.27. The minimum atomic E-state index is 0.00727. The number of piperidine rings is 1. The molecule has 4 rings (SSSR count). The van der Waals surface area contributed by atoms with Gasteiger partial charge < -0.3 is 9.64 Å². The Morgan fingerprint density at radius 2 is 1.80 bits per heavy atom. The van der Waals surface area contributed by atoms with E-state index in [1.807, 2.05) is 41.3 Å². The Hall–Kier alpha value is -2.73. The van der Waals surface area contributed by atoms with Crippen molar-refractivity contribution in [3.63, 3.8) is 0 Å². The predicted octanol–water partition coefficient (Wildman–Crippen LogP) is 3.18. The van der Waals surface area contributed by atoms with Crippen molar-refractivity contribution in [3.05, 3.63) is 59.9 Å². The molecule has 0 bridgehead atoms. The van der Waals surface area contributed by atoms with Crippen molar-refractivity contribution in [3.8, 4) is 5.75 Å². The van der Waals surface area contributed by atoms with E-state index in [-0.39, 0.29) is 24.2 Å². The van der Waals surface area contributed by atoms with Gasteiger partial charge in [0.2, 0.25) is 0 Å². The van der Waals surface area contributed by atoms with Crippen molar-refractivity contribution in [1.29, 1.82) is 0 Å². The lowest BCUT2D eigenvalue weighted by molar-refractivity contribution is -0.132. The van der Waals surface area contributed by atoms with Gasteiger partial charge >= 0.3 is 0 Å². The van der Waals surface area contributed by atoms with Crippen LogP contribution in [0.1, 0.15) is 41.7 Å². The molecule has 1 unspecified atom stereocenters. The zero-order valence-corrected chi connectivity index (χ0v) is 17.3. The Bertz CT molecular complexity index is 848. The number of carbonyl (C=O) groups is 2. The molecule has 0 radical (unpaired) electrons. The van der Waals surface area contributed by atoms with Gasteiger partial charge in [0.25, 0.3) is 5.91 Å². The number of Topliss-reactive ketones (excluding diaryl/α,β-unsaturated/α-hetero) is 1. The lowest BCUT2D eigenvalue weighted by Crippen LogP contribution is -2.38. The molecule has 0 spiro atoms. The normalized spacial score (nSPS) is 19.6. The summed E-state index contributed by atoms with van der Waals surface area (Å²) in [6.45, 7) is 4.36. The van der Waals surface area contributed by atoms with Gasteiger partial charge in [0.1, 0.15) is 11.4 Å². The van der Waals surface area contributed by atoms with Gasteiger partial charge in [0.15, 0.2) is 12.4 Å². The standard InChI is InChI=1S/C24H29N3O3/c28-23(27-14-3-4-15-27)18-30-21-10-8-19(9-11-21)16-26-13-5-6-20(17-26)24(29)22-7-1-2-12-25-22/h1-2,7-12,20H,3-6,13-18H2. The summed E-state index contributed by atoms with van der Waals surface area (Å²) in [7, 11) is 0. The summed E-state index contributed by atoms with van der Waals surface area (Å²) in [5, 5.41) is 0. The largest absolute Gasteiger partial charge is 0.484 e. The molecule has 0 aliphatic carbocycles. The fraction of sp³-hybridized carbons (Fsp3) is 0.458. The smallest absolute Gasteiger partial charge is 0.260 e. The average Bonchev–Trinajstić information content (AvgIpc) is 3.34. The van der Waals surface area contributed by atoms with E-state index < -0.39 is 0 Å². The van der Waals surface area contributed by atoms with Gasteiger partial charge in [-0.25, -0.2) is 0 Å². The average molecular weight is 408 g/mol. The second kappa shape index (κ2) is 9.85. The first kappa shape index (κ1) is 20.5. The molecule has 2 aromatic rings. The summed E-state index contributed by atoms with van der Waals surface area (Å²) in [5.74, 6) is 0.932. The molecule has 1 atom stereocenters. The van der Waals surface area contributed by atoms with Crippen LogP contribution in [-0.2, 0) is 11.3 Å². The van der Waals surface area contributed by atoms with Crippen LogP contribution < -0.4 is 4.74 Å². The maximum Gasteiger partial charge on any atom is 0.260 e. The van der Waals surface area contributed by atoms with Crippen LogP contribution >= 0.6 is 0 Å². The van der Waals surface area contributed by atoms with Crippen LogP contribution in [0.15, 0.2) is 48.7 Å². The van der Waals surface area contributed by atoms with E-state index in [0.717, 1.165) is 58.4 Å². The van der Waals surface area contributed by atoms with Gasteiger partial charge in [0, 0.05) is 38.3 Å². The number of ether oxygens (including phenoxy) is 1. The third-order valence-corrected chi connectivity index (χ3v) is 5.94. The summed E-state index contributed by atoms with van der Waals surface area (Å²) in [6, 6.07) is 13.4. The van der Waals surface area contributed by atoms with E-state index in [9.17, 15) is 9.59 Å². The Morgan fingerprint density at radius 3 is 2.53 bits per heavy atom. The SMILES string of the molecule is O=C(c1ccccn1)C1CCCN(Cc2ccc(OCC(=O)N3CCCC3)cc2)C1. The van der Waals surface area contributed by atoms with E-state index in [0.29, 0.717) is 11.4 Å². The molecule has 0 N–H and O–H groups in total. The molecular weight excluding hydrogens is 378 g/mol. The number of likely N-dealkylation sites (tertiary alicyclic amines) is 2. The van der Waals surface area contributed by atoms with Crippen LogP contribution in [0.3, 0.4) is 0 Å². The summed E-state index contributed by atoms with van der Waals surface area (Å²) >= 11 is 0. The van der Waals surface area contributed by atoms with Crippen molar-refractivity contribution in [2.45, 2.75) is 32.2 Å². The van der Waals surface area contributed by atoms with Crippen LogP contribution in [0.4, 0.5) is 0 Å². The second-order valence-electron chi connectivity index (χ2n) is 8.17. The quantitative estimate of drug-likeness (QED) is 0.660. The number of rotatable bonds is 7. The number of nitrogens with zero attached hydrogens (tertiary/aromatic N) is 3. The lowest BCUT2D eigenvalue weighted by Gasteiger charge is -2.31. The molecule has 1 amide bonds. The fourth-order valence-corrected chi connectivity index (χ4v) is 4.28. The highest BCUT2D eigenvalue weighted by atomic mass is 16.5. The fourth-order valence-electron chi connectivity index (χ4n) is 4.28. The number of carbonyl (C=O) groups excluding carboxylic acids is 2. The van der Waals surface area contributed by atoms with Crippen molar-refractivity contribution in [2.24, 2.45) is 5.92 Å². The number of amides is 1. The van der Waals surface area contributed by atoms with Crippen LogP contribution in [0.5, 0.6) is 5.75 Å². The van der Waals surface area contributed by atoms with E-state index >= 15 is 0 Å². The first-order chi connectivity index (χ1) is 14.7. The number of ketones is 1. The first-order valence-corrected chi connectivity index (χ1v) is 10.9. The summed E-state index contributed by atoms with van der Waals surface area (Å²) in [5.41, 5.74) is 1.74. The zero-order chi connectivity index (χ0) is 20.8. The highest BCUT2D eigenvalue weighted by Crippen LogP contribution is 2.22. The molecule has 1 aromatic heterocycles. The minimum absolute atomic E-state index is 0.00727. The molecule has 2 fully saturated rings. The van der Waals surface area contributed by atoms with Crippen molar-refractivity contribution >= 4 is 11.7 Å². The van der Waals surface area contributed by atoms with E-state index in [1.165, 1.54) is 5.56 Å².